The largest absolute Gasteiger partial charge is 0.391 e. The summed E-state index contributed by atoms with van der Waals surface area (Å²) in [6.07, 6.45) is 1.04. The van der Waals surface area contributed by atoms with Crippen LogP contribution in [0.4, 0.5) is 8.78 Å². The Morgan fingerprint density at radius 2 is 1.95 bits per heavy atom. The van der Waals surface area contributed by atoms with Crippen LogP contribution in [-0.4, -0.2) is 44.1 Å². The molecule has 1 fully saturated rings. The molecule has 0 unspecified atom stereocenters. The van der Waals surface area contributed by atoms with Crippen LogP contribution in [0.3, 0.4) is 0 Å². The summed E-state index contributed by atoms with van der Waals surface area (Å²) in [4.78, 5) is -0.623. The third kappa shape index (κ3) is 3.08. The van der Waals surface area contributed by atoms with Crippen molar-refractivity contribution in [3.05, 3.63) is 29.3 Å². The predicted molar refractivity (Wildman–Crippen MR) is 71.1 cm³/mol. The number of rotatable bonds is 4. The Morgan fingerprint density at radius 3 is 2.52 bits per heavy atom. The first-order valence-electron chi connectivity index (χ1n) is 6.53. The molecule has 1 aromatic carbocycles. The molecule has 118 valence electrons. The normalized spacial score (nSPS) is 17.4. The summed E-state index contributed by atoms with van der Waals surface area (Å²) in [7, 11) is -2.73. The lowest BCUT2D eigenvalue weighted by Gasteiger charge is -2.30. The van der Waals surface area contributed by atoms with Crippen molar-refractivity contribution in [1.82, 2.24) is 4.31 Å². The van der Waals surface area contributed by atoms with Crippen LogP contribution in [0.15, 0.2) is 17.0 Å². The van der Waals surface area contributed by atoms with Crippen molar-refractivity contribution in [3.8, 4) is 0 Å². The average molecular weight is 321 g/mol. The molecule has 0 radical (unpaired) electrons. The van der Waals surface area contributed by atoms with Gasteiger partial charge in [0.1, 0.15) is 10.7 Å². The van der Waals surface area contributed by atoms with E-state index in [-0.39, 0.29) is 6.04 Å². The molecule has 1 saturated heterocycles. The molecule has 1 aromatic rings. The van der Waals surface area contributed by atoms with Crippen molar-refractivity contribution in [3.63, 3.8) is 0 Å². The number of halogens is 2. The Kier molecular flexibility index (Phi) is 4.92. The zero-order chi connectivity index (χ0) is 15.6. The minimum Gasteiger partial charge on any atom is -0.391 e. The second-order valence-corrected chi connectivity index (χ2v) is 6.83. The molecule has 1 aliphatic rings. The van der Waals surface area contributed by atoms with Gasteiger partial charge in [-0.3, -0.25) is 0 Å². The molecule has 21 heavy (non-hydrogen) atoms. The highest BCUT2D eigenvalue weighted by atomic mass is 32.2. The first-order chi connectivity index (χ1) is 9.89. The maximum atomic E-state index is 14.1. The Balaban J connectivity index is 2.39. The number of benzene rings is 1. The van der Waals surface area contributed by atoms with E-state index in [0.29, 0.717) is 26.1 Å². The van der Waals surface area contributed by atoms with Crippen LogP contribution in [-0.2, 0) is 21.4 Å². The van der Waals surface area contributed by atoms with Crippen LogP contribution in [0.25, 0.3) is 0 Å². The van der Waals surface area contributed by atoms with Gasteiger partial charge in [0.15, 0.2) is 5.82 Å². The van der Waals surface area contributed by atoms with Crippen molar-refractivity contribution < 1.29 is 27.0 Å². The highest BCUT2D eigenvalue weighted by Crippen LogP contribution is 2.26. The molecule has 0 saturated carbocycles. The summed E-state index contributed by atoms with van der Waals surface area (Å²) in [5.41, 5.74) is -0.642. The SMILES string of the molecule is CN(C1CCOCC1)S(=O)(=O)c1ccc(F)c(CO)c1F. The Morgan fingerprint density at radius 1 is 1.33 bits per heavy atom. The van der Waals surface area contributed by atoms with Crippen molar-refractivity contribution in [2.24, 2.45) is 0 Å². The van der Waals surface area contributed by atoms with E-state index in [4.69, 9.17) is 9.84 Å². The van der Waals surface area contributed by atoms with Crippen LogP contribution in [0, 0.1) is 11.6 Å². The maximum absolute atomic E-state index is 14.1. The average Bonchev–Trinajstić information content (AvgIpc) is 2.47. The van der Waals surface area contributed by atoms with E-state index in [1.807, 2.05) is 0 Å². The summed E-state index contributed by atoms with van der Waals surface area (Å²) >= 11 is 0. The molecule has 1 heterocycles. The zero-order valence-corrected chi connectivity index (χ0v) is 12.4. The lowest BCUT2D eigenvalue weighted by molar-refractivity contribution is 0.0631. The third-order valence-electron chi connectivity index (χ3n) is 3.67. The summed E-state index contributed by atoms with van der Waals surface area (Å²) in [6, 6.07) is 1.44. The fraction of sp³-hybridized carbons (Fsp3) is 0.538. The van der Waals surface area contributed by atoms with E-state index in [1.165, 1.54) is 7.05 Å². The lowest BCUT2D eigenvalue weighted by Crippen LogP contribution is -2.40. The van der Waals surface area contributed by atoms with Gasteiger partial charge >= 0.3 is 0 Å². The molecular formula is C13H17F2NO4S. The molecule has 0 bridgehead atoms. The standard InChI is InChI=1S/C13H17F2NO4S/c1-16(9-4-6-20-7-5-9)21(18,19)12-3-2-11(14)10(8-17)13(12)15/h2-3,9,17H,4-8H2,1H3. The Labute approximate surface area is 122 Å². The van der Waals surface area contributed by atoms with Gasteiger partial charge in [-0.1, -0.05) is 0 Å². The summed E-state index contributed by atoms with van der Waals surface area (Å²) in [5, 5.41) is 8.97. The number of hydrogen-bond donors (Lipinski definition) is 1. The van der Waals surface area contributed by atoms with Gasteiger partial charge in [0, 0.05) is 26.3 Å². The Bertz CT molecular complexity index is 615. The summed E-state index contributed by atoms with van der Waals surface area (Å²) in [6.45, 7) is -0.0152. The lowest BCUT2D eigenvalue weighted by atomic mass is 10.1. The van der Waals surface area contributed by atoms with Gasteiger partial charge in [0.05, 0.1) is 12.2 Å². The van der Waals surface area contributed by atoms with E-state index in [9.17, 15) is 17.2 Å². The zero-order valence-electron chi connectivity index (χ0n) is 11.6. The monoisotopic (exact) mass is 321 g/mol. The molecule has 8 heteroatoms. The van der Waals surface area contributed by atoms with Crippen LogP contribution in [0.2, 0.25) is 0 Å². The molecule has 0 atom stereocenters. The van der Waals surface area contributed by atoms with Gasteiger partial charge in [-0.05, 0) is 25.0 Å². The smallest absolute Gasteiger partial charge is 0.246 e. The number of aliphatic hydroxyl groups excluding tert-OH is 1. The van der Waals surface area contributed by atoms with E-state index < -0.39 is 38.7 Å². The number of hydrogen-bond acceptors (Lipinski definition) is 4. The Hall–Kier alpha value is -1.09. The first-order valence-corrected chi connectivity index (χ1v) is 7.97. The molecule has 0 amide bonds. The quantitative estimate of drug-likeness (QED) is 0.906. The van der Waals surface area contributed by atoms with Gasteiger partial charge in [-0.15, -0.1) is 0 Å². The molecular weight excluding hydrogens is 304 g/mol. The highest BCUT2D eigenvalue weighted by Gasteiger charge is 2.32. The molecule has 5 nitrogen and oxygen atoms in total. The minimum atomic E-state index is -4.09. The van der Waals surface area contributed by atoms with Crippen molar-refractivity contribution in [2.45, 2.75) is 30.4 Å². The minimum absolute atomic E-state index is 0.286. The number of nitrogens with zero attached hydrogens (tertiary/aromatic N) is 1. The van der Waals surface area contributed by atoms with Gasteiger partial charge in [-0.25, -0.2) is 17.2 Å². The van der Waals surface area contributed by atoms with Crippen molar-refractivity contribution in [1.29, 1.82) is 0 Å². The van der Waals surface area contributed by atoms with Crippen LogP contribution in [0.5, 0.6) is 0 Å². The summed E-state index contributed by atoms with van der Waals surface area (Å²) in [5.74, 6) is -2.21. The number of aliphatic hydroxyl groups is 1. The molecule has 1 aliphatic heterocycles. The first kappa shape index (κ1) is 16.3. The summed E-state index contributed by atoms with van der Waals surface area (Å²) < 4.78 is 58.7. The molecule has 0 spiro atoms. The van der Waals surface area contributed by atoms with Crippen molar-refractivity contribution >= 4 is 10.0 Å². The topological polar surface area (TPSA) is 66.8 Å². The van der Waals surface area contributed by atoms with Crippen LogP contribution >= 0.6 is 0 Å². The molecule has 0 aliphatic carbocycles. The van der Waals surface area contributed by atoms with Crippen LogP contribution in [0.1, 0.15) is 18.4 Å². The molecule has 2 rings (SSSR count). The van der Waals surface area contributed by atoms with Crippen LogP contribution < -0.4 is 0 Å². The van der Waals surface area contributed by atoms with E-state index >= 15 is 0 Å². The number of ether oxygens (including phenoxy) is 1. The fourth-order valence-corrected chi connectivity index (χ4v) is 3.82. The fourth-order valence-electron chi connectivity index (χ4n) is 2.32. The van der Waals surface area contributed by atoms with Gasteiger partial charge in [0.2, 0.25) is 10.0 Å². The van der Waals surface area contributed by atoms with E-state index in [1.54, 1.807) is 0 Å². The second-order valence-electron chi connectivity index (χ2n) is 4.86. The van der Waals surface area contributed by atoms with Crippen molar-refractivity contribution in [2.75, 3.05) is 20.3 Å². The van der Waals surface area contributed by atoms with Gasteiger partial charge < -0.3 is 9.84 Å². The molecule has 1 N–H and O–H groups in total. The van der Waals surface area contributed by atoms with E-state index in [2.05, 4.69) is 0 Å². The number of sulfonamides is 1. The molecule has 0 aromatic heterocycles. The third-order valence-corrected chi connectivity index (χ3v) is 5.60. The van der Waals surface area contributed by atoms with Gasteiger partial charge in [0.25, 0.3) is 0 Å². The highest BCUT2D eigenvalue weighted by molar-refractivity contribution is 7.89. The van der Waals surface area contributed by atoms with E-state index in [0.717, 1.165) is 16.4 Å². The van der Waals surface area contributed by atoms with Gasteiger partial charge in [-0.2, -0.15) is 4.31 Å². The second kappa shape index (κ2) is 6.35. The maximum Gasteiger partial charge on any atom is 0.246 e. The predicted octanol–water partition coefficient (Wildman–Crippen LogP) is 1.26.